The maximum absolute atomic E-state index is 2.46. The van der Waals surface area contributed by atoms with Gasteiger partial charge in [0.15, 0.2) is 13.0 Å². The molecule has 1 nitrogen and oxygen atoms in total. The first-order valence-corrected chi connectivity index (χ1v) is 15.3. The molecule has 2 aromatic carbocycles. The molecule has 0 bridgehead atoms. The zero-order chi connectivity index (χ0) is 29.0. The van der Waals surface area contributed by atoms with Crippen molar-refractivity contribution in [2.24, 2.45) is 0 Å². The van der Waals surface area contributed by atoms with Crippen LogP contribution in [0, 0.1) is 55.4 Å². The standard InChI is InChI=1S/C38H48BN/c1-21-23(3)27(7)37-30(10)32(19-34(37)25(21)5)15-14-31-13-12-18-39-36(29(31)9)17-16-33-20-35-26(6)22(2)24(4)28(8)38(35)40(33)11/h14-17,30H,12-13,18-20H2,1-11H3/q+1/b17-16+,31-14?,32-15+. The minimum absolute atomic E-state index is 0.501. The predicted molar refractivity (Wildman–Crippen MR) is 175 cm³/mol. The third kappa shape index (κ3) is 4.62. The Kier molecular flexibility index (Phi) is 7.77. The van der Waals surface area contributed by atoms with Gasteiger partial charge in [-0.3, -0.25) is 0 Å². The second-order valence-corrected chi connectivity index (χ2v) is 12.8. The van der Waals surface area contributed by atoms with Gasteiger partial charge in [-0.1, -0.05) is 54.5 Å². The number of allylic oxidation sites excluding steroid dienone is 8. The van der Waals surface area contributed by atoms with E-state index in [0.29, 0.717) is 5.92 Å². The summed E-state index contributed by atoms with van der Waals surface area (Å²) in [5.74, 6) is 0.501. The minimum atomic E-state index is 0.501. The predicted octanol–water partition coefficient (Wildman–Crippen LogP) is 9.38. The summed E-state index contributed by atoms with van der Waals surface area (Å²) in [5.41, 5.74) is 25.1. The maximum Gasteiger partial charge on any atom is 0.212 e. The summed E-state index contributed by atoms with van der Waals surface area (Å²) < 4.78 is 2.43. The van der Waals surface area contributed by atoms with Crippen molar-refractivity contribution in [1.82, 2.24) is 0 Å². The van der Waals surface area contributed by atoms with E-state index in [1.165, 1.54) is 84.5 Å². The molecule has 1 unspecified atom stereocenters. The van der Waals surface area contributed by atoms with Crippen molar-refractivity contribution in [2.45, 2.75) is 107 Å². The fourth-order valence-corrected chi connectivity index (χ4v) is 7.50. The van der Waals surface area contributed by atoms with E-state index in [1.807, 2.05) is 0 Å². The van der Waals surface area contributed by atoms with E-state index in [-0.39, 0.29) is 0 Å². The first-order valence-electron chi connectivity index (χ1n) is 15.3. The highest BCUT2D eigenvalue weighted by molar-refractivity contribution is 6.47. The Bertz CT molecular complexity index is 1580. The molecule has 1 atom stereocenters. The van der Waals surface area contributed by atoms with Gasteiger partial charge < -0.3 is 0 Å². The summed E-state index contributed by atoms with van der Waals surface area (Å²) in [7, 11) is 4.70. The van der Waals surface area contributed by atoms with Crippen LogP contribution in [0.4, 0.5) is 5.69 Å². The molecular formula is C38H48BN+. The molecule has 2 aromatic rings. The molecule has 0 N–H and O–H groups in total. The van der Waals surface area contributed by atoms with Gasteiger partial charge in [-0.25, -0.2) is 0 Å². The number of hydrogen-bond donors (Lipinski definition) is 0. The van der Waals surface area contributed by atoms with Crippen molar-refractivity contribution in [2.75, 3.05) is 7.05 Å². The van der Waals surface area contributed by atoms with Crippen molar-refractivity contribution >= 4 is 18.7 Å². The fraction of sp³-hybridized carbons (Fsp3) is 0.447. The van der Waals surface area contributed by atoms with E-state index in [0.717, 1.165) is 25.6 Å². The summed E-state index contributed by atoms with van der Waals surface area (Å²) in [6.07, 6.45) is 15.3. The lowest BCUT2D eigenvalue weighted by Gasteiger charge is -2.17. The average Bonchev–Trinajstić information content (AvgIpc) is 3.38. The van der Waals surface area contributed by atoms with E-state index in [9.17, 15) is 0 Å². The van der Waals surface area contributed by atoms with Gasteiger partial charge in [0.2, 0.25) is 5.69 Å². The molecule has 1 radical (unpaired) electrons. The molecule has 0 fully saturated rings. The van der Waals surface area contributed by atoms with Crippen LogP contribution in [0.3, 0.4) is 0 Å². The molecule has 0 spiro atoms. The van der Waals surface area contributed by atoms with Gasteiger partial charge in [0.1, 0.15) is 7.05 Å². The third-order valence-corrected chi connectivity index (χ3v) is 11.0. The number of hydrogen-bond acceptors (Lipinski definition) is 0. The van der Waals surface area contributed by atoms with E-state index < -0.39 is 0 Å². The number of benzene rings is 2. The lowest BCUT2D eigenvalue weighted by atomic mass is 9.65. The molecule has 0 aromatic heterocycles. The van der Waals surface area contributed by atoms with Gasteiger partial charge in [-0.2, -0.15) is 4.58 Å². The largest absolute Gasteiger partial charge is 0.212 e. The van der Waals surface area contributed by atoms with Crippen LogP contribution in [0.15, 0.2) is 46.5 Å². The molecule has 3 aliphatic rings. The lowest BCUT2D eigenvalue weighted by Crippen LogP contribution is -2.07. The molecule has 2 heteroatoms. The van der Waals surface area contributed by atoms with E-state index in [1.54, 1.807) is 16.7 Å². The van der Waals surface area contributed by atoms with Gasteiger partial charge in [0, 0.05) is 23.1 Å². The summed E-state index contributed by atoms with van der Waals surface area (Å²) in [6.45, 7) is 23.1. The summed E-state index contributed by atoms with van der Waals surface area (Å²) >= 11 is 0. The molecule has 207 valence electrons. The molecule has 40 heavy (non-hydrogen) atoms. The van der Waals surface area contributed by atoms with Crippen LogP contribution in [-0.4, -0.2) is 24.6 Å². The van der Waals surface area contributed by atoms with Gasteiger partial charge in [0.25, 0.3) is 0 Å². The molecule has 5 rings (SSSR count). The van der Waals surface area contributed by atoms with Gasteiger partial charge in [-0.15, -0.1) is 0 Å². The zero-order valence-electron chi connectivity index (χ0n) is 26.9. The van der Waals surface area contributed by atoms with Crippen LogP contribution < -0.4 is 0 Å². The molecule has 0 saturated heterocycles. The topological polar surface area (TPSA) is 3.01 Å². The first kappa shape index (κ1) is 28.7. The van der Waals surface area contributed by atoms with Gasteiger partial charge >= 0.3 is 0 Å². The van der Waals surface area contributed by atoms with E-state index >= 15 is 0 Å². The Morgan fingerprint density at radius 1 is 0.700 bits per heavy atom. The zero-order valence-corrected chi connectivity index (χ0v) is 26.9. The van der Waals surface area contributed by atoms with Crippen LogP contribution >= 0.6 is 0 Å². The number of rotatable bonds is 3. The Morgan fingerprint density at radius 2 is 1.32 bits per heavy atom. The number of nitrogens with zero attached hydrogens (tertiary/aromatic N) is 1. The minimum Gasteiger partial charge on any atom is -0.198 e. The second kappa shape index (κ2) is 10.8. The van der Waals surface area contributed by atoms with Gasteiger partial charge in [-0.05, 0) is 131 Å². The van der Waals surface area contributed by atoms with Crippen molar-refractivity contribution < 1.29 is 4.58 Å². The SMILES string of the molecule is CC1=C(/C=C/C2=[N+](C)c3c(C)c(C)c(C)c(C)c3C2)[B]CCCC1=C/C=C1\Cc2c(C)c(C)c(C)c(C)c2C1C. The Hall–Kier alpha value is -2.87. The van der Waals surface area contributed by atoms with Crippen LogP contribution in [0.5, 0.6) is 0 Å². The molecule has 0 amide bonds. The highest BCUT2D eigenvalue weighted by Gasteiger charge is 2.31. The molecular weight excluding hydrogens is 481 g/mol. The Morgan fingerprint density at radius 3 is 2.02 bits per heavy atom. The van der Waals surface area contributed by atoms with Crippen LogP contribution in [0.2, 0.25) is 6.32 Å². The first-order chi connectivity index (χ1) is 18.9. The Labute approximate surface area is 244 Å². The van der Waals surface area contributed by atoms with Crippen molar-refractivity contribution in [3.05, 3.63) is 108 Å². The summed E-state index contributed by atoms with van der Waals surface area (Å²) in [5, 5.41) is 0. The lowest BCUT2D eigenvalue weighted by molar-refractivity contribution is -0.401. The van der Waals surface area contributed by atoms with Crippen molar-refractivity contribution in [3.8, 4) is 0 Å². The summed E-state index contributed by atoms with van der Waals surface area (Å²) in [6, 6.07) is 0. The number of fused-ring (bicyclic) bond motifs is 2. The Balaban J connectivity index is 1.45. The molecule has 1 aliphatic carbocycles. The summed E-state index contributed by atoms with van der Waals surface area (Å²) in [4.78, 5) is 0. The molecule has 0 saturated carbocycles. The highest BCUT2D eigenvalue weighted by atomic mass is 15.0. The van der Waals surface area contributed by atoms with Crippen LogP contribution in [0.25, 0.3) is 0 Å². The second-order valence-electron chi connectivity index (χ2n) is 12.8. The van der Waals surface area contributed by atoms with Crippen molar-refractivity contribution in [1.29, 1.82) is 0 Å². The highest BCUT2D eigenvalue weighted by Crippen LogP contribution is 2.43. The normalized spacial score (nSPS) is 21.1. The quantitative estimate of drug-likeness (QED) is 0.275. The maximum atomic E-state index is 2.46. The third-order valence-electron chi connectivity index (χ3n) is 11.0. The van der Waals surface area contributed by atoms with Crippen molar-refractivity contribution in [3.63, 3.8) is 0 Å². The average molecular weight is 530 g/mol. The van der Waals surface area contributed by atoms with E-state index in [2.05, 4.69) is 112 Å². The van der Waals surface area contributed by atoms with Crippen LogP contribution in [-0.2, 0) is 12.8 Å². The molecule has 2 aliphatic heterocycles. The molecule has 2 heterocycles. The fourth-order valence-electron chi connectivity index (χ4n) is 7.50. The smallest absolute Gasteiger partial charge is 0.198 e. The van der Waals surface area contributed by atoms with E-state index in [4.69, 9.17) is 0 Å². The monoisotopic (exact) mass is 529 g/mol. The van der Waals surface area contributed by atoms with Gasteiger partial charge in [0.05, 0.1) is 6.42 Å². The van der Waals surface area contributed by atoms with Crippen LogP contribution in [0.1, 0.15) is 93.8 Å².